The maximum atomic E-state index is 13.3. The molecule has 2 aliphatic heterocycles. The maximum Gasteiger partial charge on any atom is 0.243 e. The number of ether oxygens (including phenoxy) is 1. The lowest BCUT2D eigenvalue weighted by Crippen LogP contribution is -2.45. The fourth-order valence-corrected chi connectivity index (χ4v) is 8.13. The molecule has 0 radical (unpaired) electrons. The third kappa shape index (κ3) is 6.39. The summed E-state index contributed by atoms with van der Waals surface area (Å²) in [7, 11) is -7.17. The molecule has 1 N–H and O–H groups in total. The van der Waals surface area contributed by atoms with Gasteiger partial charge in [0.15, 0.2) is 0 Å². The number of amides is 1. The Kier molecular flexibility index (Phi) is 9.12. The van der Waals surface area contributed by atoms with Crippen LogP contribution in [0.1, 0.15) is 43.7 Å². The zero-order chi connectivity index (χ0) is 27.3. The number of carbonyl (C=O) groups excluding carboxylic acids is 1. The predicted molar refractivity (Wildman–Crippen MR) is 145 cm³/mol. The average Bonchev–Trinajstić information content (AvgIpc) is 3.46. The quantitative estimate of drug-likeness (QED) is 0.476. The summed E-state index contributed by atoms with van der Waals surface area (Å²) in [4.78, 5) is 13.4. The number of aryl methyl sites for hydroxylation is 1. The molecule has 0 unspecified atom stereocenters. The summed E-state index contributed by atoms with van der Waals surface area (Å²) in [5.41, 5.74) is 1.67. The van der Waals surface area contributed by atoms with Gasteiger partial charge in [0.25, 0.3) is 0 Å². The van der Waals surface area contributed by atoms with Crippen LogP contribution in [-0.2, 0) is 31.3 Å². The third-order valence-corrected chi connectivity index (χ3v) is 11.0. The smallest absolute Gasteiger partial charge is 0.243 e. The van der Waals surface area contributed by atoms with Gasteiger partial charge in [0, 0.05) is 32.7 Å². The van der Waals surface area contributed by atoms with Gasteiger partial charge in [-0.25, -0.2) is 16.8 Å². The summed E-state index contributed by atoms with van der Waals surface area (Å²) in [6, 6.07) is 11.7. The fourth-order valence-electron chi connectivity index (χ4n) is 5.00. The van der Waals surface area contributed by atoms with Crippen molar-refractivity contribution in [2.75, 3.05) is 39.3 Å². The molecule has 208 valence electrons. The summed E-state index contributed by atoms with van der Waals surface area (Å²) < 4.78 is 60.3. The Labute approximate surface area is 226 Å². The number of benzene rings is 2. The molecular weight excluding hydrogens is 526 g/mol. The van der Waals surface area contributed by atoms with Crippen LogP contribution >= 0.6 is 0 Å². The number of nitrogens with one attached hydrogen (secondary N) is 1. The van der Waals surface area contributed by atoms with E-state index in [0.717, 1.165) is 24.0 Å². The van der Waals surface area contributed by atoms with Gasteiger partial charge in [-0.3, -0.25) is 4.79 Å². The standard InChI is InChI=1S/C27H37N3O6S2/c1-3-36-26-13-12-25(19-21(26)2)38(34,35)30-18-6-7-23(20-30)27(31)28-15-14-22-8-10-24(11-9-22)37(32,33)29-16-4-5-17-29/h8-13,19,23H,3-7,14-18,20H2,1-2H3,(H,28,31)/t23-/m1/s1. The largest absolute Gasteiger partial charge is 0.494 e. The van der Waals surface area contributed by atoms with Gasteiger partial charge in [0.05, 0.1) is 22.3 Å². The van der Waals surface area contributed by atoms with Gasteiger partial charge in [-0.05, 0) is 87.4 Å². The lowest BCUT2D eigenvalue weighted by molar-refractivity contribution is -0.126. The molecule has 2 aromatic rings. The zero-order valence-electron chi connectivity index (χ0n) is 22.1. The fraction of sp³-hybridized carbons (Fsp3) is 0.519. The molecule has 4 rings (SSSR count). The highest BCUT2D eigenvalue weighted by molar-refractivity contribution is 7.89. The molecule has 9 nitrogen and oxygen atoms in total. The minimum absolute atomic E-state index is 0.142. The van der Waals surface area contributed by atoms with Crippen molar-refractivity contribution in [3.8, 4) is 5.75 Å². The van der Waals surface area contributed by atoms with Gasteiger partial charge < -0.3 is 10.1 Å². The number of hydrogen-bond donors (Lipinski definition) is 1. The van der Waals surface area contributed by atoms with Gasteiger partial charge in [-0.15, -0.1) is 0 Å². The zero-order valence-corrected chi connectivity index (χ0v) is 23.7. The Balaban J connectivity index is 1.31. The van der Waals surface area contributed by atoms with E-state index >= 15 is 0 Å². The Morgan fingerprint density at radius 3 is 2.21 bits per heavy atom. The normalized spacial score (nSPS) is 19.4. The molecule has 2 aromatic carbocycles. The van der Waals surface area contributed by atoms with E-state index in [1.165, 1.54) is 8.61 Å². The van der Waals surface area contributed by atoms with Crippen molar-refractivity contribution in [2.24, 2.45) is 5.92 Å². The van der Waals surface area contributed by atoms with E-state index in [2.05, 4.69) is 5.32 Å². The molecule has 38 heavy (non-hydrogen) atoms. The first-order chi connectivity index (χ1) is 18.1. The minimum Gasteiger partial charge on any atom is -0.494 e. The number of sulfonamides is 2. The summed E-state index contributed by atoms with van der Waals surface area (Å²) in [5.74, 6) is 0.0708. The van der Waals surface area contributed by atoms with Crippen LogP contribution < -0.4 is 10.1 Å². The van der Waals surface area contributed by atoms with Crippen LogP contribution in [0.5, 0.6) is 5.75 Å². The van der Waals surface area contributed by atoms with E-state index in [0.29, 0.717) is 62.7 Å². The van der Waals surface area contributed by atoms with Crippen LogP contribution in [0.3, 0.4) is 0 Å². The Bertz CT molecular complexity index is 1340. The monoisotopic (exact) mass is 563 g/mol. The second-order valence-corrected chi connectivity index (χ2v) is 13.7. The lowest BCUT2D eigenvalue weighted by Gasteiger charge is -2.31. The number of rotatable bonds is 10. The van der Waals surface area contributed by atoms with E-state index in [1.807, 2.05) is 13.8 Å². The molecular formula is C27H37N3O6S2. The van der Waals surface area contributed by atoms with Gasteiger partial charge >= 0.3 is 0 Å². The molecule has 0 aromatic heterocycles. The topological polar surface area (TPSA) is 113 Å². The Morgan fingerprint density at radius 1 is 0.921 bits per heavy atom. The van der Waals surface area contributed by atoms with E-state index in [9.17, 15) is 21.6 Å². The summed E-state index contributed by atoms with van der Waals surface area (Å²) >= 11 is 0. The van der Waals surface area contributed by atoms with Crippen molar-refractivity contribution in [1.82, 2.24) is 13.9 Å². The predicted octanol–water partition coefficient (Wildman–Crippen LogP) is 2.94. The van der Waals surface area contributed by atoms with Crippen molar-refractivity contribution < 1.29 is 26.4 Å². The van der Waals surface area contributed by atoms with E-state index in [1.54, 1.807) is 42.5 Å². The summed E-state index contributed by atoms with van der Waals surface area (Å²) in [6.07, 6.45) is 3.57. The second kappa shape index (κ2) is 12.1. The van der Waals surface area contributed by atoms with Gasteiger partial charge in [-0.1, -0.05) is 12.1 Å². The molecule has 0 saturated carbocycles. The maximum absolute atomic E-state index is 13.3. The molecule has 0 bridgehead atoms. The summed E-state index contributed by atoms with van der Waals surface area (Å²) in [5, 5.41) is 2.93. The minimum atomic E-state index is -3.72. The van der Waals surface area contributed by atoms with E-state index in [4.69, 9.17) is 4.74 Å². The number of nitrogens with zero attached hydrogens (tertiary/aromatic N) is 2. The second-order valence-electron chi connectivity index (χ2n) is 9.86. The highest BCUT2D eigenvalue weighted by atomic mass is 32.2. The number of piperidine rings is 1. The molecule has 2 saturated heterocycles. The van der Waals surface area contributed by atoms with Crippen LogP contribution in [0.2, 0.25) is 0 Å². The molecule has 0 aliphatic carbocycles. The van der Waals surface area contributed by atoms with Gasteiger partial charge in [-0.2, -0.15) is 8.61 Å². The van der Waals surface area contributed by atoms with Gasteiger partial charge in [0.2, 0.25) is 26.0 Å². The van der Waals surface area contributed by atoms with E-state index in [-0.39, 0.29) is 17.3 Å². The highest BCUT2D eigenvalue weighted by Crippen LogP contribution is 2.27. The molecule has 1 amide bonds. The molecule has 0 spiro atoms. The SMILES string of the molecule is CCOc1ccc(S(=O)(=O)N2CCC[C@@H](C(=O)NCCc3ccc(S(=O)(=O)N4CCCC4)cc3)C2)cc1C. The van der Waals surface area contributed by atoms with Gasteiger partial charge in [0.1, 0.15) is 5.75 Å². The van der Waals surface area contributed by atoms with Crippen molar-refractivity contribution in [1.29, 1.82) is 0 Å². The molecule has 2 fully saturated rings. The highest BCUT2D eigenvalue weighted by Gasteiger charge is 2.33. The average molecular weight is 564 g/mol. The number of hydrogen-bond acceptors (Lipinski definition) is 6. The van der Waals surface area contributed by atoms with Crippen molar-refractivity contribution in [3.05, 3.63) is 53.6 Å². The Hall–Kier alpha value is -2.47. The van der Waals surface area contributed by atoms with E-state index < -0.39 is 26.0 Å². The van der Waals surface area contributed by atoms with Crippen molar-refractivity contribution >= 4 is 26.0 Å². The first-order valence-corrected chi connectivity index (χ1v) is 16.1. The van der Waals surface area contributed by atoms with Crippen molar-refractivity contribution in [2.45, 2.75) is 55.7 Å². The molecule has 2 heterocycles. The van der Waals surface area contributed by atoms with Crippen LogP contribution in [0.4, 0.5) is 0 Å². The lowest BCUT2D eigenvalue weighted by atomic mass is 9.99. The first-order valence-electron chi connectivity index (χ1n) is 13.2. The van der Waals surface area contributed by atoms with Crippen molar-refractivity contribution in [3.63, 3.8) is 0 Å². The summed E-state index contributed by atoms with van der Waals surface area (Å²) in [6.45, 7) is 6.23. The van der Waals surface area contributed by atoms with Crippen LogP contribution in [0, 0.1) is 12.8 Å². The Morgan fingerprint density at radius 2 is 1.55 bits per heavy atom. The first kappa shape index (κ1) is 28.5. The van der Waals surface area contributed by atoms with Crippen LogP contribution in [0.25, 0.3) is 0 Å². The molecule has 2 aliphatic rings. The van der Waals surface area contributed by atoms with Crippen LogP contribution in [-0.4, -0.2) is 70.7 Å². The van der Waals surface area contributed by atoms with Crippen LogP contribution in [0.15, 0.2) is 52.3 Å². The number of carbonyl (C=O) groups is 1. The molecule has 11 heteroatoms. The third-order valence-electron chi connectivity index (χ3n) is 7.18. The molecule has 1 atom stereocenters.